The van der Waals surface area contributed by atoms with Crippen LogP contribution in [-0.4, -0.2) is 16.6 Å². The number of hydrogen-bond acceptors (Lipinski definition) is 1. The van der Waals surface area contributed by atoms with Gasteiger partial charge in [0.25, 0.3) is 8.32 Å². The highest BCUT2D eigenvalue weighted by Gasteiger charge is 2.47. The van der Waals surface area contributed by atoms with E-state index in [-0.39, 0.29) is 0 Å². The number of hydrogen-bond donors (Lipinski definition) is 0. The maximum Gasteiger partial charge on any atom is 0.278 e. The summed E-state index contributed by atoms with van der Waals surface area (Å²) in [6.45, 7) is 4.70. The van der Waals surface area contributed by atoms with Crippen LogP contribution < -0.4 is 15.6 Å². The van der Waals surface area contributed by atoms with E-state index >= 15 is 0 Å². The molecular weight excluding hydrogens is 372 g/mol. The van der Waals surface area contributed by atoms with E-state index in [1.54, 1.807) is 0 Å². The monoisotopic (exact) mass is 398 g/mol. The molecule has 1 aliphatic rings. The van der Waals surface area contributed by atoms with Gasteiger partial charge in [0.2, 0.25) is 8.32 Å². The predicted molar refractivity (Wildman–Crippen MR) is 124 cm³/mol. The van der Waals surface area contributed by atoms with Crippen molar-refractivity contribution in [3.63, 3.8) is 0 Å². The lowest BCUT2D eigenvalue weighted by atomic mass is 10.3. The molecule has 0 heterocycles. The number of rotatable bonds is 6. The van der Waals surface area contributed by atoms with Gasteiger partial charge in [-0.1, -0.05) is 114 Å². The molecule has 0 amide bonds. The van der Waals surface area contributed by atoms with Crippen LogP contribution in [0.3, 0.4) is 0 Å². The molecule has 0 unspecified atom stereocenters. The van der Waals surface area contributed by atoms with E-state index in [1.165, 1.54) is 20.8 Å². The maximum absolute atomic E-state index is 7.44. The Bertz CT molecular complexity index is 880. The largest absolute Gasteiger partial charge is 0.442 e. The van der Waals surface area contributed by atoms with Crippen molar-refractivity contribution in [3.05, 3.63) is 114 Å². The molecule has 0 aliphatic heterocycles. The minimum absolute atomic E-state index is 1.02. The first kappa shape index (κ1) is 18.9. The van der Waals surface area contributed by atoms with Gasteiger partial charge in [-0.25, -0.2) is 0 Å². The van der Waals surface area contributed by atoms with Gasteiger partial charge in [0.05, 0.1) is 0 Å². The molecule has 0 N–H and O–H groups in total. The van der Waals surface area contributed by atoms with E-state index in [0.29, 0.717) is 0 Å². The molecule has 3 heteroatoms. The summed E-state index contributed by atoms with van der Waals surface area (Å²) in [4.78, 5) is 0. The molecule has 140 valence electrons. The van der Waals surface area contributed by atoms with E-state index in [1.807, 2.05) is 0 Å². The third kappa shape index (κ3) is 3.49. The molecule has 0 aromatic heterocycles. The number of benzene rings is 3. The van der Waals surface area contributed by atoms with Crippen LogP contribution in [0.1, 0.15) is 6.42 Å². The van der Waals surface area contributed by atoms with Gasteiger partial charge in [0.1, 0.15) is 0 Å². The Labute approximate surface area is 170 Å². The minimum Gasteiger partial charge on any atom is -0.442 e. The van der Waals surface area contributed by atoms with Crippen molar-refractivity contribution in [1.82, 2.24) is 0 Å². The van der Waals surface area contributed by atoms with Gasteiger partial charge >= 0.3 is 0 Å². The van der Waals surface area contributed by atoms with Crippen LogP contribution in [0, 0.1) is 0 Å². The van der Waals surface area contributed by atoms with Crippen molar-refractivity contribution in [2.24, 2.45) is 0 Å². The molecule has 0 spiro atoms. The number of allylic oxidation sites excluding steroid dienone is 4. The van der Waals surface area contributed by atoms with Crippen molar-refractivity contribution >= 4 is 32.2 Å². The van der Waals surface area contributed by atoms with Crippen molar-refractivity contribution in [3.8, 4) is 0 Å². The highest BCUT2D eigenvalue weighted by molar-refractivity contribution is 7.11. The summed E-state index contributed by atoms with van der Waals surface area (Å²) in [6, 6.07) is 32.6. The van der Waals surface area contributed by atoms with Crippen LogP contribution >= 0.6 is 0 Å². The zero-order chi connectivity index (χ0) is 19.5. The summed E-state index contributed by atoms with van der Waals surface area (Å²) < 4.78 is 7.44. The summed E-state index contributed by atoms with van der Waals surface area (Å²) in [5.41, 5.74) is 0. The molecule has 0 saturated carbocycles. The standard InChI is InChI=1S/C25H26OSi2/c1-27(2,22-14-12-13-15-22)26-28(23-16-6-3-7-17-23,24-18-8-4-9-19-24)25-20-10-5-11-21-25/h3-14,16-21H,15H2,1-2H3. The summed E-state index contributed by atoms with van der Waals surface area (Å²) in [6.07, 6.45) is 7.70. The molecule has 0 bridgehead atoms. The van der Waals surface area contributed by atoms with Crippen LogP contribution in [0.25, 0.3) is 0 Å². The molecule has 0 fully saturated rings. The molecule has 0 saturated heterocycles. The van der Waals surface area contributed by atoms with Crippen LogP contribution in [0.4, 0.5) is 0 Å². The fraction of sp³-hybridized carbons (Fsp3) is 0.120. The lowest BCUT2D eigenvalue weighted by Gasteiger charge is -2.40. The zero-order valence-corrected chi connectivity index (χ0v) is 18.5. The molecule has 1 aliphatic carbocycles. The van der Waals surface area contributed by atoms with E-state index in [9.17, 15) is 0 Å². The lowest BCUT2D eigenvalue weighted by Crippen LogP contribution is -2.72. The van der Waals surface area contributed by atoms with Gasteiger partial charge in [-0.2, -0.15) is 0 Å². The zero-order valence-electron chi connectivity index (χ0n) is 16.5. The fourth-order valence-corrected chi connectivity index (χ4v) is 13.1. The molecule has 28 heavy (non-hydrogen) atoms. The Balaban J connectivity index is 1.96. The molecule has 3 aromatic carbocycles. The van der Waals surface area contributed by atoms with E-state index in [2.05, 4.69) is 122 Å². The third-order valence-corrected chi connectivity index (χ3v) is 14.1. The topological polar surface area (TPSA) is 9.23 Å². The predicted octanol–water partition coefficient (Wildman–Crippen LogP) is 4.30. The SMILES string of the molecule is C[Si](C)(O[Si](c1ccccc1)(c1ccccc1)c1ccccc1)C1=CC=CC1. The Kier molecular flexibility index (Phi) is 5.31. The second-order valence-electron chi connectivity index (χ2n) is 7.72. The smallest absolute Gasteiger partial charge is 0.278 e. The first-order valence-electron chi connectivity index (χ1n) is 9.86. The Morgan fingerprint density at radius 3 is 1.43 bits per heavy atom. The first-order valence-corrected chi connectivity index (χ1v) is 14.7. The molecular formula is C25H26OSi2. The fourth-order valence-electron chi connectivity index (χ4n) is 4.04. The van der Waals surface area contributed by atoms with Gasteiger partial charge in [-0.05, 0) is 35.1 Å². The van der Waals surface area contributed by atoms with Crippen LogP contribution in [0.15, 0.2) is 114 Å². The molecule has 0 radical (unpaired) electrons. The normalized spacial score (nSPS) is 14.1. The van der Waals surface area contributed by atoms with Crippen molar-refractivity contribution in [2.75, 3.05) is 0 Å². The minimum atomic E-state index is -2.63. The van der Waals surface area contributed by atoms with Gasteiger partial charge in [0.15, 0.2) is 0 Å². The summed E-state index contributed by atoms with van der Waals surface area (Å²) >= 11 is 0. The second-order valence-corrected chi connectivity index (χ2v) is 15.3. The lowest BCUT2D eigenvalue weighted by molar-refractivity contribution is 0.579. The Hall–Kier alpha value is -2.47. The van der Waals surface area contributed by atoms with E-state index < -0.39 is 16.6 Å². The van der Waals surface area contributed by atoms with Crippen LogP contribution in [0.2, 0.25) is 13.1 Å². The van der Waals surface area contributed by atoms with Crippen molar-refractivity contribution < 1.29 is 4.12 Å². The average molecular weight is 399 g/mol. The second kappa shape index (κ2) is 7.88. The average Bonchev–Trinajstić information content (AvgIpc) is 3.30. The van der Waals surface area contributed by atoms with Gasteiger partial charge in [0, 0.05) is 0 Å². The highest BCUT2D eigenvalue weighted by Crippen LogP contribution is 2.27. The van der Waals surface area contributed by atoms with E-state index in [4.69, 9.17) is 4.12 Å². The third-order valence-electron chi connectivity index (χ3n) is 5.49. The van der Waals surface area contributed by atoms with Gasteiger partial charge in [-0.15, -0.1) is 0 Å². The van der Waals surface area contributed by atoms with Crippen molar-refractivity contribution in [1.29, 1.82) is 0 Å². The summed E-state index contributed by atoms with van der Waals surface area (Å²) in [7, 11) is -4.73. The van der Waals surface area contributed by atoms with Gasteiger partial charge in [-0.3, -0.25) is 0 Å². The molecule has 3 aromatic rings. The maximum atomic E-state index is 7.44. The van der Waals surface area contributed by atoms with E-state index in [0.717, 1.165) is 6.42 Å². The van der Waals surface area contributed by atoms with Crippen molar-refractivity contribution in [2.45, 2.75) is 19.5 Å². The Morgan fingerprint density at radius 1 is 0.643 bits per heavy atom. The van der Waals surface area contributed by atoms with Gasteiger partial charge < -0.3 is 4.12 Å². The summed E-state index contributed by atoms with van der Waals surface area (Å²) in [5.74, 6) is 0. The highest BCUT2D eigenvalue weighted by atomic mass is 28.4. The molecule has 1 nitrogen and oxygen atoms in total. The molecule has 0 atom stereocenters. The van der Waals surface area contributed by atoms with Crippen LogP contribution in [0.5, 0.6) is 0 Å². The quantitative estimate of drug-likeness (QED) is 0.444. The first-order chi connectivity index (χ1) is 13.6. The Morgan fingerprint density at radius 2 is 1.07 bits per heavy atom. The molecule has 4 rings (SSSR count). The summed E-state index contributed by atoms with van der Waals surface area (Å²) in [5, 5.41) is 5.38. The van der Waals surface area contributed by atoms with Crippen LogP contribution in [-0.2, 0) is 4.12 Å².